The van der Waals surface area contributed by atoms with E-state index in [-0.39, 0.29) is 31.5 Å². The fourth-order valence-corrected chi connectivity index (χ4v) is 10.1. The fourth-order valence-electron chi connectivity index (χ4n) is 9.38. The summed E-state index contributed by atoms with van der Waals surface area (Å²) in [5.41, 5.74) is 0. The van der Waals surface area contributed by atoms with E-state index in [0.717, 1.165) is 64.2 Å². The maximum atomic E-state index is 13.5. The zero-order valence-electron chi connectivity index (χ0n) is 49.8. The number of esters is 1. The number of allylic oxidation sites excluding steroid dienone is 5. The highest BCUT2D eigenvalue weighted by molar-refractivity contribution is 7.45. The van der Waals surface area contributed by atoms with E-state index in [1.54, 1.807) is 0 Å². The van der Waals surface area contributed by atoms with Gasteiger partial charge in [-0.1, -0.05) is 269 Å². The van der Waals surface area contributed by atoms with Gasteiger partial charge in [0.05, 0.1) is 33.8 Å². The first-order valence-corrected chi connectivity index (χ1v) is 33.3. The van der Waals surface area contributed by atoms with Gasteiger partial charge < -0.3 is 28.5 Å². The quantitative estimate of drug-likeness (QED) is 0.0212. The summed E-state index contributed by atoms with van der Waals surface area (Å²) in [5.74, 6) is -0.529. The summed E-state index contributed by atoms with van der Waals surface area (Å²) < 4.78 is 30.3. The molecule has 436 valence electrons. The Kier molecular flexibility index (Phi) is 53.3. The van der Waals surface area contributed by atoms with Gasteiger partial charge in [0.15, 0.2) is 0 Å². The van der Waals surface area contributed by atoms with E-state index in [2.05, 4.69) is 50.4 Å². The van der Waals surface area contributed by atoms with Crippen LogP contribution in [0.4, 0.5) is 0 Å². The van der Waals surface area contributed by atoms with Gasteiger partial charge in [0.25, 0.3) is 7.82 Å². The zero-order valence-corrected chi connectivity index (χ0v) is 50.7. The highest BCUT2D eigenvalue weighted by atomic mass is 31.2. The van der Waals surface area contributed by atoms with Crippen molar-refractivity contribution in [3.63, 3.8) is 0 Å². The van der Waals surface area contributed by atoms with E-state index < -0.39 is 20.0 Å². The van der Waals surface area contributed by atoms with Crippen LogP contribution in [0.1, 0.15) is 310 Å². The number of hydrogen-bond donors (Lipinski definition) is 1. The standard InChI is InChI=1S/C64H123N2O7P/c1-7-10-13-16-19-22-25-27-28-29-30-31-32-33-34-35-36-37-38-39-42-45-48-51-54-57-64(68)73-62(55-52-49-46-43-41-26-23-20-17-14-11-8-2)61(60-72-74(69,70)71-59-58-66(4,5)6)65-63(67)56-53-50-47-44-40-24-21-18-15-12-9-3/h19,22,27-28,52,55,61-62H,7-18,20-21,23-26,29-51,53-54,56-60H2,1-6H3,(H-,65,67,69,70)/b22-19-,28-27-,55-52-. The molecule has 0 heterocycles. The summed E-state index contributed by atoms with van der Waals surface area (Å²) in [6.45, 7) is 6.84. The maximum Gasteiger partial charge on any atom is 0.306 e. The number of likely N-dealkylation sites (N-methyl/N-ethyl adjacent to an activating group) is 1. The van der Waals surface area contributed by atoms with Gasteiger partial charge in [0, 0.05) is 12.8 Å². The lowest BCUT2D eigenvalue weighted by molar-refractivity contribution is -0.870. The summed E-state index contributed by atoms with van der Waals surface area (Å²) >= 11 is 0. The van der Waals surface area contributed by atoms with Crippen LogP contribution in [0.2, 0.25) is 0 Å². The third-order valence-corrected chi connectivity index (χ3v) is 15.3. The molecule has 74 heavy (non-hydrogen) atoms. The summed E-state index contributed by atoms with van der Waals surface area (Å²) in [6.07, 6.45) is 65.5. The molecule has 0 saturated carbocycles. The van der Waals surface area contributed by atoms with Crippen molar-refractivity contribution >= 4 is 19.7 Å². The van der Waals surface area contributed by atoms with Gasteiger partial charge in [-0.2, -0.15) is 0 Å². The molecule has 0 aromatic heterocycles. The zero-order chi connectivity index (χ0) is 54.3. The number of amides is 1. The molecule has 0 aromatic carbocycles. The van der Waals surface area contributed by atoms with E-state index in [1.807, 2.05) is 33.3 Å². The monoisotopic (exact) mass is 1060 g/mol. The second-order valence-corrected chi connectivity index (χ2v) is 24.3. The number of quaternary nitrogens is 1. The van der Waals surface area contributed by atoms with E-state index in [1.165, 1.54) is 212 Å². The minimum atomic E-state index is -4.69. The van der Waals surface area contributed by atoms with E-state index >= 15 is 0 Å². The second-order valence-electron chi connectivity index (χ2n) is 22.9. The number of phosphoric acid groups is 1. The Hall–Kier alpha value is -1.77. The number of unbranched alkanes of at least 4 members (excludes halogenated alkanes) is 38. The number of carbonyl (C=O) groups is 2. The van der Waals surface area contributed by atoms with Gasteiger partial charge in [-0.05, 0) is 63.9 Å². The van der Waals surface area contributed by atoms with E-state index in [4.69, 9.17) is 13.8 Å². The van der Waals surface area contributed by atoms with Crippen LogP contribution in [0.25, 0.3) is 0 Å². The first-order chi connectivity index (χ1) is 35.9. The van der Waals surface area contributed by atoms with E-state index in [0.29, 0.717) is 17.4 Å². The molecule has 0 aromatic rings. The molecule has 0 fully saturated rings. The van der Waals surface area contributed by atoms with Crippen LogP contribution in [-0.4, -0.2) is 69.4 Å². The van der Waals surface area contributed by atoms with Crippen molar-refractivity contribution in [3.8, 4) is 0 Å². The minimum Gasteiger partial charge on any atom is -0.756 e. The van der Waals surface area contributed by atoms with Crippen molar-refractivity contribution in [2.24, 2.45) is 0 Å². The van der Waals surface area contributed by atoms with Crippen LogP contribution in [0.5, 0.6) is 0 Å². The van der Waals surface area contributed by atoms with Crippen LogP contribution in [0, 0.1) is 0 Å². The second kappa shape index (κ2) is 54.6. The fraction of sp³-hybridized carbons (Fsp3) is 0.875. The molecular formula is C64H123N2O7P. The molecule has 3 atom stereocenters. The van der Waals surface area contributed by atoms with Crippen LogP contribution < -0.4 is 10.2 Å². The molecule has 1 amide bonds. The molecule has 0 aliphatic rings. The van der Waals surface area contributed by atoms with Crippen LogP contribution in [-0.2, 0) is 27.9 Å². The van der Waals surface area contributed by atoms with Gasteiger partial charge in [-0.15, -0.1) is 0 Å². The Balaban J connectivity index is 5.02. The summed E-state index contributed by atoms with van der Waals surface area (Å²) in [7, 11) is 1.20. The first-order valence-electron chi connectivity index (χ1n) is 31.8. The number of nitrogens with zero attached hydrogens (tertiary/aromatic N) is 1. The molecule has 0 spiro atoms. The van der Waals surface area contributed by atoms with Crippen molar-refractivity contribution in [2.45, 2.75) is 322 Å². The Labute approximate surface area is 459 Å². The van der Waals surface area contributed by atoms with Gasteiger partial charge in [-0.25, -0.2) is 0 Å². The summed E-state index contributed by atoms with van der Waals surface area (Å²) in [5, 5.41) is 3.03. The van der Waals surface area contributed by atoms with Crippen LogP contribution in [0.15, 0.2) is 36.5 Å². The molecule has 0 aliphatic carbocycles. The van der Waals surface area contributed by atoms with Crippen molar-refractivity contribution in [1.29, 1.82) is 0 Å². The number of rotatable bonds is 58. The number of ether oxygens (including phenoxy) is 1. The lowest BCUT2D eigenvalue weighted by Gasteiger charge is -2.30. The van der Waals surface area contributed by atoms with Crippen LogP contribution in [0.3, 0.4) is 0 Å². The smallest absolute Gasteiger partial charge is 0.306 e. The largest absolute Gasteiger partial charge is 0.756 e. The van der Waals surface area contributed by atoms with Crippen molar-refractivity contribution in [1.82, 2.24) is 5.32 Å². The molecule has 0 rings (SSSR count). The lowest BCUT2D eigenvalue weighted by Crippen LogP contribution is -2.47. The molecule has 0 saturated heterocycles. The molecule has 9 nitrogen and oxygen atoms in total. The number of nitrogens with one attached hydrogen (secondary N) is 1. The average molecular weight is 1060 g/mol. The third-order valence-electron chi connectivity index (χ3n) is 14.3. The summed E-state index contributed by atoms with van der Waals surface area (Å²) in [6, 6.07) is -0.882. The third kappa shape index (κ3) is 55.0. The van der Waals surface area contributed by atoms with Crippen molar-refractivity contribution in [2.75, 3.05) is 40.9 Å². The Morgan fingerprint density at radius 2 is 0.824 bits per heavy atom. The lowest BCUT2D eigenvalue weighted by atomic mass is 10.0. The van der Waals surface area contributed by atoms with Gasteiger partial charge in [-0.3, -0.25) is 14.2 Å². The number of hydrogen-bond acceptors (Lipinski definition) is 7. The Morgan fingerprint density at radius 1 is 0.473 bits per heavy atom. The average Bonchev–Trinajstić information content (AvgIpc) is 3.36. The minimum absolute atomic E-state index is 0.0193. The maximum absolute atomic E-state index is 13.5. The number of phosphoric ester groups is 1. The normalized spacial score (nSPS) is 13.9. The molecule has 0 bridgehead atoms. The van der Waals surface area contributed by atoms with Crippen LogP contribution >= 0.6 is 7.82 Å². The predicted molar refractivity (Wildman–Crippen MR) is 316 cm³/mol. The molecule has 10 heteroatoms. The predicted octanol–water partition coefficient (Wildman–Crippen LogP) is 18.9. The number of carbonyl (C=O) groups excluding carboxylic acids is 2. The van der Waals surface area contributed by atoms with Crippen molar-refractivity contribution in [3.05, 3.63) is 36.5 Å². The highest BCUT2D eigenvalue weighted by Gasteiger charge is 2.27. The van der Waals surface area contributed by atoms with Gasteiger partial charge in [0.1, 0.15) is 19.3 Å². The highest BCUT2D eigenvalue weighted by Crippen LogP contribution is 2.38. The van der Waals surface area contributed by atoms with Gasteiger partial charge >= 0.3 is 5.97 Å². The first kappa shape index (κ1) is 72.2. The molecule has 0 radical (unpaired) electrons. The van der Waals surface area contributed by atoms with E-state index in [9.17, 15) is 19.0 Å². The van der Waals surface area contributed by atoms with Gasteiger partial charge in [0.2, 0.25) is 5.91 Å². The summed E-state index contributed by atoms with van der Waals surface area (Å²) in [4.78, 5) is 39.9. The molecule has 3 unspecified atom stereocenters. The molecular weight excluding hydrogens is 940 g/mol. The Morgan fingerprint density at radius 3 is 1.24 bits per heavy atom. The molecule has 0 aliphatic heterocycles. The van der Waals surface area contributed by atoms with Crippen molar-refractivity contribution < 1.29 is 37.3 Å². The topological polar surface area (TPSA) is 114 Å². The molecule has 1 N–H and O–H groups in total. The SMILES string of the molecule is CCCCC/C=C\C/C=C\CCCCCCCCCCCCCCCCCC(=O)OC(/C=C\CCCCCCCCCCCC)C(COP(=O)([O-])OCC[N+](C)(C)C)NC(=O)CCCCCCCCCCCCC. The Bertz CT molecular complexity index is 1360.